The van der Waals surface area contributed by atoms with E-state index in [0.717, 1.165) is 0 Å². The summed E-state index contributed by atoms with van der Waals surface area (Å²) in [6.07, 6.45) is -13.0. The van der Waals surface area contributed by atoms with E-state index in [1.165, 1.54) is 0 Å². The highest BCUT2D eigenvalue weighted by molar-refractivity contribution is 4.99. The molecule has 15 unspecified atom stereocenters. The van der Waals surface area contributed by atoms with Crippen LogP contribution in [-0.4, -0.2) is 128 Å². The van der Waals surface area contributed by atoms with Gasteiger partial charge in [-0.1, -0.05) is 26.7 Å². The summed E-state index contributed by atoms with van der Waals surface area (Å²) in [6, 6.07) is -1.82. The van der Waals surface area contributed by atoms with Crippen LogP contribution in [0.3, 0.4) is 0 Å². The monoisotopic (exact) mass is 510 g/mol. The highest BCUT2D eigenvalue weighted by atomic mass is 16.7. The molecule has 2 heterocycles. The first-order valence-electron chi connectivity index (χ1n) is 12.4. The van der Waals surface area contributed by atoms with E-state index in [1.807, 2.05) is 13.8 Å². The van der Waals surface area contributed by atoms with E-state index in [1.54, 1.807) is 0 Å². The summed E-state index contributed by atoms with van der Waals surface area (Å²) >= 11 is 0. The molecule has 11 N–H and O–H groups in total. The molecule has 2 saturated heterocycles. The van der Waals surface area contributed by atoms with Crippen molar-refractivity contribution in [3.8, 4) is 0 Å². The van der Waals surface area contributed by atoms with Crippen molar-refractivity contribution >= 4 is 0 Å². The molecular formula is C22H42N2O11. The molecule has 0 bridgehead atoms. The Balaban J connectivity index is 1.76. The molecule has 0 radical (unpaired) electrons. The number of ether oxygens (including phenoxy) is 4. The second kappa shape index (κ2) is 12.3. The van der Waals surface area contributed by atoms with Crippen molar-refractivity contribution in [3.63, 3.8) is 0 Å². The average molecular weight is 511 g/mol. The quantitative estimate of drug-likeness (QED) is 0.153. The molecule has 0 aromatic heterocycles. The molecule has 3 fully saturated rings. The molecule has 15 atom stereocenters. The molecule has 0 amide bonds. The van der Waals surface area contributed by atoms with Crippen LogP contribution in [0, 0.1) is 5.92 Å². The third kappa shape index (κ3) is 5.98. The molecule has 0 spiro atoms. The number of nitrogens with two attached hydrogens (primary N) is 2. The normalized spacial score (nSPS) is 51.3. The lowest BCUT2D eigenvalue weighted by molar-refractivity contribution is -0.336. The van der Waals surface area contributed by atoms with E-state index in [9.17, 15) is 35.7 Å². The summed E-state index contributed by atoms with van der Waals surface area (Å²) in [5, 5.41) is 72.2. The van der Waals surface area contributed by atoms with E-state index in [0.29, 0.717) is 25.7 Å². The standard InChI is InChI=1S/C22H42N2O11/c1-3-5-10-14(27)16(29)17(30)22(32-10)35-20-9(23)6-8(4-2)19(18(20)31)34-21-15(28)12(24)13(26)11(7-25)33-21/h8-22,25-31H,3-7,23-24H2,1-2H3. The topological polar surface area (TPSA) is 231 Å². The molecule has 3 rings (SSSR count). The lowest BCUT2D eigenvalue weighted by atomic mass is 9.78. The number of hydrogen-bond donors (Lipinski definition) is 9. The van der Waals surface area contributed by atoms with Crippen molar-refractivity contribution in [1.82, 2.24) is 0 Å². The van der Waals surface area contributed by atoms with Crippen molar-refractivity contribution in [1.29, 1.82) is 0 Å². The van der Waals surface area contributed by atoms with Crippen molar-refractivity contribution in [2.45, 2.75) is 125 Å². The van der Waals surface area contributed by atoms with Crippen LogP contribution >= 0.6 is 0 Å². The Bertz CT molecular complexity index is 661. The maximum absolute atomic E-state index is 11.2. The molecule has 13 nitrogen and oxygen atoms in total. The molecular weight excluding hydrogens is 468 g/mol. The van der Waals surface area contributed by atoms with Gasteiger partial charge in [-0.05, 0) is 18.8 Å². The minimum atomic E-state index is -1.57. The summed E-state index contributed by atoms with van der Waals surface area (Å²) in [4.78, 5) is 0. The van der Waals surface area contributed by atoms with E-state index < -0.39 is 92.3 Å². The first kappa shape index (κ1) is 29.0. The van der Waals surface area contributed by atoms with E-state index >= 15 is 0 Å². The number of aliphatic hydroxyl groups excluding tert-OH is 7. The molecule has 2 aliphatic heterocycles. The molecule has 206 valence electrons. The highest BCUT2D eigenvalue weighted by Gasteiger charge is 2.51. The Morgan fingerprint density at radius 3 is 1.94 bits per heavy atom. The summed E-state index contributed by atoms with van der Waals surface area (Å²) in [7, 11) is 0. The zero-order chi connectivity index (χ0) is 26.0. The Labute approximate surface area is 204 Å². The van der Waals surface area contributed by atoms with E-state index in [-0.39, 0.29) is 5.92 Å². The molecule has 13 heteroatoms. The van der Waals surface area contributed by atoms with E-state index in [2.05, 4.69) is 0 Å². The number of hydrogen-bond acceptors (Lipinski definition) is 13. The van der Waals surface area contributed by atoms with Gasteiger partial charge in [0.25, 0.3) is 0 Å². The third-order valence-electron chi connectivity index (χ3n) is 7.42. The van der Waals surface area contributed by atoms with Gasteiger partial charge in [-0.2, -0.15) is 0 Å². The van der Waals surface area contributed by atoms with Gasteiger partial charge in [0.1, 0.15) is 48.8 Å². The van der Waals surface area contributed by atoms with Gasteiger partial charge < -0.3 is 66.2 Å². The maximum atomic E-state index is 11.2. The number of aliphatic hydroxyl groups is 7. The fraction of sp³-hybridized carbons (Fsp3) is 1.00. The molecule has 0 aromatic carbocycles. The van der Waals surface area contributed by atoms with E-state index in [4.69, 9.17) is 30.4 Å². The van der Waals surface area contributed by atoms with Crippen LogP contribution in [0.5, 0.6) is 0 Å². The molecule has 1 aliphatic carbocycles. The Hall–Kier alpha value is -0.520. The van der Waals surface area contributed by atoms with Gasteiger partial charge in [0, 0.05) is 6.04 Å². The van der Waals surface area contributed by atoms with Crippen LogP contribution < -0.4 is 11.5 Å². The van der Waals surface area contributed by atoms with Gasteiger partial charge in [-0.15, -0.1) is 0 Å². The SMILES string of the molecule is CCCC1OC(OC2C(N)CC(CC)C(OC3OC(CO)C(O)C(N)C3O)C2O)C(O)C(O)C1O. The summed E-state index contributed by atoms with van der Waals surface area (Å²) in [6.45, 7) is 3.21. The lowest BCUT2D eigenvalue weighted by Crippen LogP contribution is -2.66. The molecule has 3 aliphatic rings. The van der Waals surface area contributed by atoms with Crippen LogP contribution in [0.4, 0.5) is 0 Å². The highest BCUT2D eigenvalue weighted by Crippen LogP contribution is 2.36. The van der Waals surface area contributed by atoms with Gasteiger partial charge in [-0.25, -0.2) is 0 Å². The Morgan fingerprint density at radius 1 is 0.743 bits per heavy atom. The smallest absolute Gasteiger partial charge is 0.187 e. The minimum absolute atomic E-state index is 0.260. The summed E-state index contributed by atoms with van der Waals surface area (Å²) < 4.78 is 23.0. The fourth-order valence-electron chi connectivity index (χ4n) is 5.20. The second-order valence-corrected chi connectivity index (χ2v) is 9.85. The molecule has 1 saturated carbocycles. The van der Waals surface area contributed by atoms with Gasteiger partial charge in [0.2, 0.25) is 0 Å². The van der Waals surface area contributed by atoms with Gasteiger partial charge in [0.05, 0.1) is 24.9 Å². The van der Waals surface area contributed by atoms with Crippen LogP contribution in [-0.2, 0) is 18.9 Å². The summed E-state index contributed by atoms with van der Waals surface area (Å²) in [5.41, 5.74) is 12.2. The van der Waals surface area contributed by atoms with Crippen LogP contribution in [0.1, 0.15) is 39.5 Å². The predicted octanol–water partition coefficient (Wildman–Crippen LogP) is -3.75. The Kier molecular flexibility index (Phi) is 10.2. The lowest BCUT2D eigenvalue weighted by Gasteiger charge is -2.48. The second-order valence-electron chi connectivity index (χ2n) is 9.85. The van der Waals surface area contributed by atoms with Crippen molar-refractivity contribution in [2.24, 2.45) is 17.4 Å². The van der Waals surface area contributed by atoms with Crippen molar-refractivity contribution in [2.75, 3.05) is 6.61 Å². The predicted molar refractivity (Wildman–Crippen MR) is 119 cm³/mol. The van der Waals surface area contributed by atoms with Gasteiger partial charge in [0.15, 0.2) is 12.6 Å². The minimum Gasteiger partial charge on any atom is -0.394 e. The van der Waals surface area contributed by atoms with Crippen molar-refractivity contribution < 1.29 is 54.7 Å². The zero-order valence-electron chi connectivity index (χ0n) is 20.1. The largest absolute Gasteiger partial charge is 0.394 e. The average Bonchev–Trinajstić information content (AvgIpc) is 2.84. The van der Waals surface area contributed by atoms with Crippen LogP contribution in [0.15, 0.2) is 0 Å². The fourth-order valence-corrected chi connectivity index (χ4v) is 5.20. The Morgan fingerprint density at radius 2 is 1.34 bits per heavy atom. The molecule has 0 aromatic rings. The number of rotatable bonds is 8. The molecule has 35 heavy (non-hydrogen) atoms. The zero-order valence-corrected chi connectivity index (χ0v) is 20.1. The maximum Gasteiger partial charge on any atom is 0.187 e. The van der Waals surface area contributed by atoms with Crippen LogP contribution in [0.2, 0.25) is 0 Å². The van der Waals surface area contributed by atoms with Crippen LogP contribution in [0.25, 0.3) is 0 Å². The summed E-state index contributed by atoms with van der Waals surface area (Å²) in [5.74, 6) is -0.260. The first-order chi connectivity index (χ1) is 16.5. The van der Waals surface area contributed by atoms with Gasteiger partial charge >= 0.3 is 0 Å². The van der Waals surface area contributed by atoms with Gasteiger partial charge in [-0.3, -0.25) is 0 Å². The first-order valence-corrected chi connectivity index (χ1v) is 12.4. The van der Waals surface area contributed by atoms with Crippen molar-refractivity contribution in [3.05, 3.63) is 0 Å². The third-order valence-corrected chi connectivity index (χ3v) is 7.42.